The van der Waals surface area contributed by atoms with Crippen molar-refractivity contribution in [2.45, 2.75) is 20.3 Å². The summed E-state index contributed by atoms with van der Waals surface area (Å²) in [6.07, 6.45) is 2.20. The number of aromatic amines is 1. The molecule has 1 unspecified atom stereocenters. The first-order valence-corrected chi connectivity index (χ1v) is 7.91. The summed E-state index contributed by atoms with van der Waals surface area (Å²) in [5.74, 6) is -1.54. The summed E-state index contributed by atoms with van der Waals surface area (Å²) in [6, 6.07) is 4.49. The van der Waals surface area contributed by atoms with Gasteiger partial charge in [0.1, 0.15) is 5.82 Å². The van der Waals surface area contributed by atoms with Crippen molar-refractivity contribution in [3.63, 3.8) is 0 Å². The highest BCUT2D eigenvalue weighted by atomic mass is 19.1. The minimum atomic E-state index is -0.677. The number of halogens is 1. The first-order chi connectivity index (χ1) is 11.1. The molecule has 1 aliphatic rings. The highest BCUT2D eigenvalue weighted by molar-refractivity contribution is 6.44. The molecule has 0 spiro atoms. The summed E-state index contributed by atoms with van der Waals surface area (Å²) in [7, 11) is 0. The molecule has 2 heterocycles. The van der Waals surface area contributed by atoms with E-state index in [2.05, 4.69) is 4.98 Å². The number of benzene rings is 1. The van der Waals surface area contributed by atoms with Crippen molar-refractivity contribution in [3.8, 4) is 0 Å². The number of likely N-dealkylation sites (tertiary alicyclic amines) is 1. The number of amides is 1. The zero-order chi connectivity index (χ0) is 17.0. The second kappa shape index (κ2) is 7.37. The summed E-state index contributed by atoms with van der Waals surface area (Å²) >= 11 is 0. The van der Waals surface area contributed by atoms with Crippen LogP contribution in [0.4, 0.5) is 4.39 Å². The first kappa shape index (κ1) is 17.1. The van der Waals surface area contributed by atoms with Crippen molar-refractivity contribution < 1.29 is 14.0 Å². The predicted molar refractivity (Wildman–Crippen MR) is 87.7 cm³/mol. The summed E-state index contributed by atoms with van der Waals surface area (Å²) in [5, 5.41) is 0.172. The van der Waals surface area contributed by atoms with E-state index in [0.29, 0.717) is 25.2 Å². The van der Waals surface area contributed by atoms with E-state index in [-0.39, 0.29) is 16.9 Å². The van der Waals surface area contributed by atoms with Crippen LogP contribution >= 0.6 is 0 Å². The normalized spacial score (nSPS) is 17.0. The van der Waals surface area contributed by atoms with Gasteiger partial charge in [-0.1, -0.05) is 19.9 Å². The van der Waals surface area contributed by atoms with Crippen molar-refractivity contribution in [1.29, 1.82) is 0 Å². The second-order valence-corrected chi connectivity index (χ2v) is 5.34. The number of Topliss-reactive ketones (excluding diaryl/α,β-unsaturated/α-hetero) is 1. The Kier molecular flexibility index (Phi) is 5.50. The van der Waals surface area contributed by atoms with E-state index in [1.165, 1.54) is 17.2 Å². The molecule has 124 valence electrons. The number of ketones is 1. The maximum absolute atomic E-state index is 13.9. The van der Waals surface area contributed by atoms with Gasteiger partial charge in [-0.3, -0.25) is 9.59 Å². The molecule has 23 heavy (non-hydrogen) atoms. The fourth-order valence-electron chi connectivity index (χ4n) is 2.79. The van der Waals surface area contributed by atoms with Crippen molar-refractivity contribution in [2.75, 3.05) is 19.6 Å². The average Bonchev–Trinajstić information content (AvgIpc) is 3.23. The predicted octanol–water partition coefficient (Wildman–Crippen LogP) is 2.32. The van der Waals surface area contributed by atoms with Crippen LogP contribution in [0.3, 0.4) is 0 Å². The number of nitrogens with zero attached hydrogens (tertiary/aromatic N) is 1. The summed E-state index contributed by atoms with van der Waals surface area (Å²) in [5.41, 5.74) is 6.18. The van der Waals surface area contributed by atoms with Gasteiger partial charge in [-0.2, -0.15) is 0 Å². The number of fused-ring (bicyclic) bond motifs is 1. The number of rotatable bonds is 3. The largest absolute Gasteiger partial charge is 0.360 e. The molecule has 0 aliphatic carbocycles. The molecule has 0 bridgehead atoms. The lowest BCUT2D eigenvalue weighted by Gasteiger charge is -2.14. The standard InChI is InChI=1S/C15H16FN3O2.C2H6/c16-11-2-1-3-12-13(11)10(7-18-12)14(20)15(21)19-5-4-9(6-17)8-19;1-2/h1-3,7,9,18H,4-6,8,17H2;1-2H3. The zero-order valence-electron chi connectivity index (χ0n) is 13.4. The van der Waals surface area contributed by atoms with Crippen LogP contribution in [0.1, 0.15) is 30.6 Å². The van der Waals surface area contributed by atoms with Crippen LogP contribution in [0, 0.1) is 11.7 Å². The summed E-state index contributed by atoms with van der Waals surface area (Å²) in [6.45, 7) is 5.52. The summed E-state index contributed by atoms with van der Waals surface area (Å²) in [4.78, 5) is 28.9. The average molecular weight is 319 g/mol. The van der Waals surface area contributed by atoms with E-state index in [1.807, 2.05) is 13.8 Å². The molecule has 3 rings (SSSR count). The molecule has 6 heteroatoms. The van der Waals surface area contributed by atoms with E-state index in [9.17, 15) is 14.0 Å². The van der Waals surface area contributed by atoms with Gasteiger partial charge in [-0.15, -0.1) is 0 Å². The maximum atomic E-state index is 13.9. The molecular formula is C17H22FN3O2. The van der Waals surface area contributed by atoms with Gasteiger partial charge in [-0.25, -0.2) is 4.39 Å². The van der Waals surface area contributed by atoms with Gasteiger partial charge in [0.25, 0.3) is 11.7 Å². The molecule has 1 aromatic heterocycles. The highest BCUT2D eigenvalue weighted by Crippen LogP contribution is 2.23. The minimum absolute atomic E-state index is 0.0873. The Morgan fingerprint density at radius 1 is 1.39 bits per heavy atom. The van der Waals surface area contributed by atoms with Crippen LogP contribution in [0.15, 0.2) is 24.4 Å². The molecule has 1 atom stereocenters. The van der Waals surface area contributed by atoms with Gasteiger partial charge in [0, 0.05) is 30.2 Å². The Morgan fingerprint density at radius 3 is 2.78 bits per heavy atom. The van der Waals surface area contributed by atoms with Gasteiger partial charge >= 0.3 is 0 Å². The fourth-order valence-corrected chi connectivity index (χ4v) is 2.79. The lowest BCUT2D eigenvalue weighted by Crippen LogP contribution is -2.35. The zero-order valence-corrected chi connectivity index (χ0v) is 13.4. The molecule has 5 nitrogen and oxygen atoms in total. The maximum Gasteiger partial charge on any atom is 0.295 e. The molecule has 1 saturated heterocycles. The third-order valence-corrected chi connectivity index (χ3v) is 4.00. The van der Waals surface area contributed by atoms with Crippen LogP contribution in [0.5, 0.6) is 0 Å². The quantitative estimate of drug-likeness (QED) is 0.673. The number of carbonyl (C=O) groups is 2. The Labute approximate surface area is 134 Å². The Morgan fingerprint density at radius 2 is 2.13 bits per heavy atom. The van der Waals surface area contributed by atoms with E-state index in [4.69, 9.17) is 5.73 Å². The first-order valence-electron chi connectivity index (χ1n) is 7.91. The Balaban J connectivity index is 0.000000924. The molecule has 1 amide bonds. The number of carbonyl (C=O) groups excluding carboxylic acids is 2. The van der Waals surface area contributed by atoms with Crippen molar-refractivity contribution >= 4 is 22.6 Å². The third kappa shape index (κ3) is 3.27. The van der Waals surface area contributed by atoms with Gasteiger partial charge in [-0.05, 0) is 31.0 Å². The van der Waals surface area contributed by atoms with E-state index < -0.39 is 17.5 Å². The van der Waals surface area contributed by atoms with E-state index in [1.54, 1.807) is 12.1 Å². The molecule has 1 fully saturated rings. The van der Waals surface area contributed by atoms with Crippen LogP contribution in [-0.4, -0.2) is 41.2 Å². The van der Waals surface area contributed by atoms with Crippen LogP contribution < -0.4 is 5.73 Å². The minimum Gasteiger partial charge on any atom is -0.360 e. The monoisotopic (exact) mass is 319 g/mol. The number of aromatic nitrogens is 1. The lowest BCUT2D eigenvalue weighted by atomic mass is 10.1. The van der Waals surface area contributed by atoms with Crippen LogP contribution in [-0.2, 0) is 4.79 Å². The molecule has 1 aliphatic heterocycles. The van der Waals surface area contributed by atoms with E-state index in [0.717, 1.165) is 6.42 Å². The summed E-state index contributed by atoms with van der Waals surface area (Å²) < 4.78 is 13.9. The SMILES string of the molecule is CC.NCC1CCN(C(=O)C(=O)c2c[nH]c3cccc(F)c23)C1. The topological polar surface area (TPSA) is 79.2 Å². The molecule has 0 radical (unpaired) electrons. The lowest BCUT2D eigenvalue weighted by molar-refractivity contribution is -0.125. The third-order valence-electron chi connectivity index (χ3n) is 4.00. The van der Waals surface area contributed by atoms with Crippen molar-refractivity contribution in [3.05, 3.63) is 35.8 Å². The smallest absolute Gasteiger partial charge is 0.295 e. The Bertz CT molecular complexity index is 711. The molecule has 1 aromatic carbocycles. The van der Waals surface area contributed by atoms with Crippen LogP contribution in [0.25, 0.3) is 10.9 Å². The molecule has 0 saturated carbocycles. The van der Waals surface area contributed by atoms with E-state index >= 15 is 0 Å². The van der Waals surface area contributed by atoms with Gasteiger partial charge in [0.2, 0.25) is 0 Å². The van der Waals surface area contributed by atoms with Gasteiger partial charge < -0.3 is 15.6 Å². The molecule has 2 aromatic rings. The van der Waals surface area contributed by atoms with Crippen molar-refractivity contribution in [2.24, 2.45) is 11.7 Å². The second-order valence-electron chi connectivity index (χ2n) is 5.34. The van der Waals surface area contributed by atoms with Crippen LogP contribution in [0.2, 0.25) is 0 Å². The number of hydrogen-bond donors (Lipinski definition) is 2. The van der Waals surface area contributed by atoms with Gasteiger partial charge in [0.15, 0.2) is 0 Å². The molecule has 3 N–H and O–H groups in total. The number of nitrogens with one attached hydrogen (secondary N) is 1. The number of nitrogens with two attached hydrogens (primary N) is 1. The highest BCUT2D eigenvalue weighted by Gasteiger charge is 2.31. The molecular weight excluding hydrogens is 297 g/mol. The fraction of sp³-hybridized carbons (Fsp3) is 0.412. The van der Waals surface area contributed by atoms with Gasteiger partial charge in [0.05, 0.1) is 5.56 Å². The Hall–Kier alpha value is -2.21. The number of hydrogen-bond acceptors (Lipinski definition) is 3. The number of H-pyrrole nitrogens is 1. The van der Waals surface area contributed by atoms with Crippen molar-refractivity contribution in [1.82, 2.24) is 9.88 Å².